The third-order valence-electron chi connectivity index (χ3n) is 3.46. The van der Waals surface area contributed by atoms with Crippen LogP contribution in [0.25, 0.3) is 0 Å². The number of aryl methyl sites for hydroxylation is 1. The fourth-order valence-corrected chi connectivity index (χ4v) is 4.08. The predicted molar refractivity (Wildman–Crippen MR) is 76.8 cm³/mol. The van der Waals surface area contributed by atoms with E-state index in [9.17, 15) is 8.42 Å². The lowest BCUT2D eigenvalue weighted by molar-refractivity contribution is 0.366. The molecular weight excluding hydrogens is 278 g/mol. The number of aromatic nitrogens is 1. The molecule has 2 heterocycles. The number of sulfonamides is 1. The van der Waals surface area contributed by atoms with Crippen LogP contribution in [0.3, 0.4) is 0 Å². The predicted octanol–water partition coefficient (Wildman–Crippen LogP) is 1.28. The van der Waals surface area contributed by atoms with Gasteiger partial charge in [0.25, 0.3) is 0 Å². The molecule has 1 unspecified atom stereocenters. The van der Waals surface area contributed by atoms with Gasteiger partial charge in [-0.15, -0.1) is 0 Å². The van der Waals surface area contributed by atoms with E-state index in [1.54, 1.807) is 17.3 Å². The van der Waals surface area contributed by atoms with Crippen molar-refractivity contribution >= 4 is 10.0 Å². The van der Waals surface area contributed by atoms with E-state index >= 15 is 0 Å². The average molecular weight is 301 g/mol. The van der Waals surface area contributed by atoms with Crippen molar-refractivity contribution in [2.24, 2.45) is 0 Å². The molecule has 0 amide bonds. The summed E-state index contributed by atoms with van der Waals surface area (Å²) in [6, 6.07) is 1.95. The molecule has 0 radical (unpaired) electrons. The van der Waals surface area contributed by atoms with Crippen molar-refractivity contribution < 1.29 is 12.9 Å². The molecule has 6 nitrogen and oxygen atoms in total. The summed E-state index contributed by atoms with van der Waals surface area (Å²) in [5.41, 5.74) is 0.475. The fraction of sp³-hybridized carbons (Fsp3) is 0.769. The van der Waals surface area contributed by atoms with Gasteiger partial charge in [-0.05, 0) is 32.7 Å². The third-order valence-corrected chi connectivity index (χ3v) is 5.24. The molecule has 1 aromatic rings. The number of nitrogens with one attached hydrogen (secondary N) is 1. The highest BCUT2D eigenvalue weighted by atomic mass is 32.2. The minimum atomic E-state index is -3.34. The Balaban J connectivity index is 2.05. The zero-order chi connectivity index (χ0) is 14.6. The van der Waals surface area contributed by atoms with Gasteiger partial charge in [-0.2, -0.15) is 0 Å². The van der Waals surface area contributed by atoms with E-state index < -0.39 is 10.0 Å². The Morgan fingerprint density at radius 3 is 2.90 bits per heavy atom. The normalized spacial score (nSPS) is 19.9. The van der Waals surface area contributed by atoms with Crippen molar-refractivity contribution in [2.75, 3.05) is 19.6 Å². The summed E-state index contributed by atoms with van der Waals surface area (Å²) in [5.74, 6) is 0.548. The lowest BCUT2D eigenvalue weighted by Crippen LogP contribution is -2.42. The van der Waals surface area contributed by atoms with Gasteiger partial charge in [-0.1, -0.05) is 12.1 Å². The van der Waals surface area contributed by atoms with Crippen LogP contribution in [-0.4, -0.2) is 43.6 Å². The maximum atomic E-state index is 12.5. The molecule has 1 atom stereocenters. The van der Waals surface area contributed by atoms with E-state index in [0.29, 0.717) is 24.5 Å². The Labute approximate surface area is 120 Å². The molecule has 1 aliphatic heterocycles. The standard InChI is InChI=1S/C13H23N3O3S/c1-3-7-16(9-12-5-4-6-14-12)20(17,18)10-13-8-11(2)19-15-13/h8,12,14H,3-7,9-10H2,1-2H3. The third kappa shape index (κ3) is 4.04. The maximum absolute atomic E-state index is 12.5. The largest absolute Gasteiger partial charge is 0.361 e. The molecule has 2 rings (SSSR count). The van der Waals surface area contributed by atoms with Crippen molar-refractivity contribution in [3.8, 4) is 0 Å². The summed E-state index contributed by atoms with van der Waals surface area (Å²) in [5, 5.41) is 7.12. The number of rotatable bonds is 7. The molecule has 7 heteroatoms. The minimum Gasteiger partial charge on any atom is -0.361 e. The monoisotopic (exact) mass is 301 g/mol. The van der Waals surface area contributed by atoms with E-state index in [-0.39, 0.29) is 11.8 Å². The molecule has 0 aliphatic carbocycles. The summed E-state index contributed by atoms with van der Waals surface area (Å²) in [7, 11) is -3.34. The van der Waals surface area contributed by atoms with E-state index in [4.69, 9.17) is 4.52 Å². The molecule has 0 spiro atoms. The second kappa shape index (κ2) is 6.69. The topological polar surface area (TPSA) is 75.4 Å². The highest BCUT2D eigenvalue weighted by Crippen LogP contribution is 2.15. The molecule has 0 bridgehead atoms. The zero-order valence-electron chi connectivity index (χ0n) is 12.1. The number of nitrogens with zero attached hydrogens (tertiary/aromatic N) is 2. The van der Waals surface area contributed by atoms with Crippen LogP contribution in [0.15, 0.2) is 10.6 Å². The molecule has 1 aromatic heterocycles. The molecule has 0 saturated carbocycles. The summed E-state index contributed by atoms with van der Waals surface area (Å²) < 4.78 is 31.5. The Kier molecular flexibility index (Phi) is 5.17. The molecule has 0 aromatic carbocycles. The average Bonchev–Trinajstić information content (AvgIpc) is 3.00. The smallest absolute Gasteiger partial charge is 0.220 e. The van der Waals surface area contributed by atoms with Gasteiger partial charge >= 0.3 is 0 Å². The van der Waals surface area contributed by atoms with Crippen molar-refractivity contribution in [1.82, 2.24) is 14.8 Å². The molecule has 1 fully saturated rings. The first-order chi connectivity index (χ1) is 9.51. The Morgan fingerprint density at radius 2 is 2.35 bits per heavy atom. The van der Waals surface area contributed by atoms with Gasteiger partial charge in [0.2, 0.25) is 10.0 Å². The molecule has 1 saturated heterocycles. The van der Waals surface area contributed by atoms with E-state index in [1.807, 2.05) is 6.92 Å². The van der Waals surface area contributed by atoms with E-state index in [1.165, 1.54) is 0 Å². The van der Waals surface area contributed by atoms with Crippen LogP contribution in [0.1, 0.15) is 37.6 Å². The SMILES string of the molecule is CCCN(CC1CCCN1)S(=O)(=O)Cc1cc(C)on1. The van der Waals surface area contributed by atoms with Gasteiger partial charge < -0.3 is 9.84 Å². The lowest BCUT2D eigenvalue weighted by Gasteiger charge is -2.24. The van der Waals surface area contributed by atoms with Gasteiger partial charge in [0.15, 0.2) is 0 Å². The Hall–Kier alpha value is -0.920. The summed E-state index contributed by atoms with van der Waals surface area (Å²) in [4.78, 5) is 0. The van der Waals surface area contributed by atoms with Crippen molar-refractivity contribution in [3.63, 3.8) is 0 Å². The second-order valence-electron chi connectivity index (χ2n) is 5.34. The van der Waals surface area contributed by atoms with Crippen LogP contribution in [0.5, 0.6) is 0 Å². The van der Waals surface area contributed by atoms with Gasteiger partial charge in [0, 0.05) is 25.2 Å². The van der Waals surface area contributed by atoms with E-state index in [2.05, 4.69) is 10.5 Å². The molecule has 1 aliphatic rings. The van der Waals surface area contributed by atoms with Gasteiger partial charge in [-0.3, -0.25) is 0 Å². The van der Waals surface area contributed by atoms with Crippen LogP contribution in [0, 0.1) is 6.92 Å². The second-order valence-corrected chi connectivity index (χ2v) is 7.31. The minimum absolute atomic E-state index is 0.0863. The Morgan fingerprint density at radius 1 is 1.55 bits per heavy atom. The summed E-state index contributed by atoms with van der Waals surface area (Å²) in [6.45, 7) is 5.83. The number of hydrogen-bond acceptors (Lipinski definition) is 5. The highest BCUT2D eigenvalue weighted by molar-refractivity contribution is 7.88. The first-order valence-corrected chi connectivity index (χ1v) is 8.75. The Bertz CT molecular complexity index is 521. The molecule has 20 heavy (non-hydrogen) atoms. The zero-order valence-corrected chi connectivity index (χ0v) is 12.9. The van der Waals surface area contributed by atoms with Gasteiger partial charge in [-0.25, -0.2) is 12.7 Å². The van der Waals surface area contributed by atoms with Gasteiger partial charge in [0.1, 0.15) is 17.2 Å². The van der Waals surface area contributed by atoms with E-state index in [0.717, 1.165) is 25.8 Å². The lowest BCUT2D eigenvalue weighted by atomic mass is 10.2. The van der Waals surface area contributed by atoms with Crippen LogP contribution < -0.4 is 5.32 Å². The summed E-state index contributed by atoms with van der Waals surface area (Å²) >= 11 is 0. The van der Waals surface area contributed by atoms with Crippen molar-refractivity contribution in [3.05, 3.63) is 17.5 Å². The van der Waals surface area contributed by atoms with Crippen LogP contribution in [-0.2, 0) is 15.8 Å². The van der Waals surface area contributed by atoms with Crippen molar-refractivity contribution in [2.45, 2.75) is 44.9 Å². The van der Waals surface area contributed by atoms with Crippen LogP contribution in [0.4, 0.5) is 0 Å². The molecular formula is C13H23N3O3S. The maximum Gasteiger partial charge on any atom is 0.220 e. The first-order valence-electron chi connectivity index (χ1n) is 7.14. The highest BCUT2D eigenvalue weighted by Gasteiger charge is 2.27. The quantitative estimate of drug-likeness (QED) is 0.821. The molecule has 114 valence electrons. The van der Waals surface area contributed by atoms with Crippen LogP contribution in [0.2, 0.25) is 0 Å². The fourth-order valence-electron chi connectivity index (χ4n) is 2.52. The summed E-state index contributed by atoms with van der Waals surface area (Å²) in [6.07, 6.45) is 2.97. The number of hydrogen-bond donors (Lipinski definition) is 1. The van der Waals surface area contributed by atoms with Crippen LogP contribution >= 0.6 is 0 Å². The first kappa shape index (κ1) is 15.5. The molecule has 1 N–H and O–H groups in total. The van der Waals surface area contributed by atoms with Crippen molar-refractivity contribution in [1.29, 1.82) is 0 Å². The van der Waals surface area contributed by atoms with Gasteiger partial charge in [0.05, 0.1) is 0 Å².